The lowest BCUT2D eigenvalue weighted by molar-refractivity contribution is 0.0604. The first kappa shape index (κ1) is 16.5. The minimum atomic E-state index is -3.40. The van der Waals surface area contributed by atoms with E-state index in [4.69, 9.17) is 0 Å². The van der Waals surface area contributed by atoms with E-state index < -0.39 is 9.84 Å². The largest absolute Gasteiger partial charge is 0.337 e. The Morgan fingerprint density at radius 1 is 1.09 bits per heavy atom. The van der Waals surface area contributed by atoms with E-state index in [0.717, 1.165) is 32.2 Å². The van der Waals surface area contributed by atoms with Gasteiger partial charge in [-0.05, 0) is 50.9 Å². The van der Waals surface area contributed by atoms with Gasteiger partial charge in [0.2, 0.25) is 0 Å². The van der Waals surface area contributed by atoms with Gasteiger partial charge >= 0.3 is 0 Å². The van der Waals surface area contributed by atoms with Crippen molar-refractivity contribution in [1.29, 1.82) is 0 Å². The molecule has 23 heavy (non-hydrogen) atoms. The maximum absolute atomic E-state index is 12.9. The summed E-state index contributed by atoms with van der Waals surface area (Å²) in [7, 11) is -3.40. The van der Waals surface area contributed by atoms with Crippen LogP contribution in [0.3, 0.4) is 0 Å². The van der Waals surface area contributed by atoms with Crippen molar-refractivity contribution in [1.82, 2.24) is 9.80 Å². The van der Waals surface area contributed by atoms with Crippen molar-refractivity contribution >= 4 is 15.7 Å². The number of carbonyl (C=O) groups is 1. The second-order valence-corrected chi connectivity index (χ2v) is 8.54. The quantitative estimate of drug-likeness (QED) is 0.844. The van der Waals surface area contributed by atoms with Gasteiger partial charge in [0.05, 0.1) is 10.5 Å². The van der Waals surface area contributed by atoms with Gasteiger partial charge in [-0.2, -0.15) is 0 Å². The van der Waals surface area contributed by atoms with Gasteiger partial charge in [0.25, 0.3) is 5.91 Å². The van der Waals surface area contributed by atoms with E-state index in [9.17, 15) is 13.2 Å². The number of hydrogen-bond donors (Lipinski definition) is 0. The Bertz CT molecular complexity index is 681. The normalized spacial score (nSPS) is 23.2. The van der Waals surface area contributed by atoms with Crippen molar-refractivity contribution in [3.63, 3.8) is 0 Å². The minimum Gasteiger partial charge on any atom is -0.337 e. The molecule has 0 N–H and O–H groups in total. The molecule has 1 unspecified atom stereocenters. The van der Waals surface area contributed by atoms with Gasteiger partial charge in [0, 0.05) is 25.4 Å². The van der Waals surface area contributed by atoms with Crippen LogP contribution in [0.2, 0.25) is 0 Å². The molecule has 0 radical (unpaired) electrons. The summed E-state index contributed by atoms with van der Waals surface area (Å²) in [6, 6.07) is 6.95. The first-order valence-corrected chi connectivity index (χ1v) is 10.2. The molecule has 1 atom stereocenters. The highest BCUT2D eigenvalue weighted by molar-refractivity contribution is 7.90. The van der Waals surface area contributed by atoms with E-state index in [1.54, 1.807) is 18.2 Å². The molecule has 2 aliphatic rings. The topological polar surface area (TPSA) is 57.7 Å². The second-order valence-electron chi connectivity index (χ2n) is 6.56. The maximum atomic E-state index is 12.9. The van der Waals surface area contributed by atoms with Gasteiger partial charge < -0.3 is 4.90 Å². The van der Waals surface area contributed by atoms with E-state index >= 15 is 0 Å². The van der Waals surface area contributed by atoms with E-state index in [1.807, 2.05) is 4.90 Å². The van der Waals surface area contributed by atoms with Gasteiger partial charge in [0.15, 0.2) is 9.84 Å². The van der Waals surface area contributed by atoms with Crippen molar-refractivity contribution in [2.24, 2.45) is 0 Å². The lowest BCUT2D eigenvalue weighted by atomic mass is 10.0. The summed E-state index contributed by atoms with van der Waals surface area (Å²) >= 11 is 0. The Morgan fingerprint density at radius 2 is 1.78 bits per heavy atom. The van der Waals surface area contributed by atoms with Crippen molar-refractivity contribution in [2.75, 3.05) is 32.4 Å². The summed E-state index contributed by atoms with van der Waals surface area (Å²) in [4.78, 5) is 17.3. The molecule has 0 spiro atoms. The monoisotopic (exact) mass is 336 g/mol. The van der Waals surface area contributed by atoms with Crippen LogP contribution >= 0.6 is 0 Å². The molecule has 1 amide bonds. The third-order valence-corrected chi connectivity index (χ3v) is 6.01. The predicted molar refractivity (Wildman–Crippen MR) is 89.3 cm³/mol. The van der Waals surface area contributed by atoms with Crippen LogP contribution in [0, 0.1) is 0 Å². The lowest BCUT2D eigenvalue weighted by Gasteiger charge is -2.37. The number of piperidine rings is 1. The van der Waals surface area contributed by atoms with Crippen LogP contribution in [0.15, 0.2) is 29.2 Å². The molecule has 126 valence electrons. The van der Waals surface area contributed by atoms with Crippen molar-refractivity contribution < 1.29 is 13.2 Å². The Balaban J connectivity index is 1.80. The van der Waals surface area contributed by atoms with Crippen molar-refractivity contribution in [3.8, 4) is 0 Å². The highest BCUT2D eigenvalue weighted by Crippen LogP contribution is 2.23. The molecule has 3 rings (SSSR count). The summed E-state index contributed by atoms with van der Waals surface area (Å²) in [5.74, 6) is -0.157. The third-order valence-electron chi connectivity index (χ3n) is 4.86. The smallest absolute Gasteiger partial charge is 0.255 e. The molecule has 0 aliphatic carbocycles. The summed E-state index contributed by atoms with van der Waals surface area (Å²) < 4.78 is 23.9. The van der Waals surface area contributed by atoms with E-state index in [1.165, 1.54) is 18.9 Å². The van der Waals surface area contributed by atoms with Crippen LogP contribution in [-0.2, 0) is 9.84 Å². The summed E-state index contributed by atoms with van der Waals surface area (Å²) in [5, 5.41) is 0. The van der Waals surface area contributed by atoms with Crippen LogP contribution < -0.4 is 0 Å². The van der Waals surface area contributed by atoms with Gasteiger partial charge in [-0.25, -0.2) is 8.42 Å². The molecule has 2 heterocycles. The average molecular weight is 336 g/mol. The summed E-state index contributed by atoms with van der Waals surface area (Å²) in [6.45, 7) is 3.65. The fraction of sp³-hybridized carbons (Fsp3) is 0.588. The molecule has 0 bridgehead atoms. The Kier molecular flexibility index (Phi) is 4.73. The zero-order valence-electron chi connectivity index (χ0n) is 13.6. The standard InChI is InChI=1S/C17H24N2O3S/c1-23(21,22)16-9-3-2-8-15(16)17(20)19-12-6-7-14(13-19)18-10-4-5-11-18/h2-3,8-9,14H,4-7,10-13H2,1H3. The zero-order valence-corrected chi connectivity index (χ0v) is 14.4. The number of nitrogens with zero attached hydrogens (tertiary/aromatic N) is 2. The Hall–Kier alpha value is -1.40. The highest BCUT2D eigenvalue weighted by atomic mass is 32.2. The molecular formula is C17H24N2O3S. The summed E-state index contributed by atoms with van der Waals surface area (Å²) in [5.41, 5.74) is 0.303. The molecule has 1 aromatic rings. The second kappa shape index (κ2) is 6.61. The van der Waals surface area contributed by atoms with Gasteiger partial charge in [-0.1, -0.05) is 12.1 Å². The molecule has 2 saturated heterocycles. The summed E-state index contributed by atoms with van der Waals surface area (Å²) in [6.07, 6.45) is 5.73. The molecular weight excluding hydrogens is 312 g/mol. The van der Waals surface area contributed by atoms with E-state index in [0.29, 0.717) is 24.7 Å². The Morgan fingerprint density at radius 3 is 2.48 bits per heavy atom. The fourth-order valence-electron chi connectivity index (χ4n) is 3.68. The molecule has 6 heteroatoms. The van der Waals surface area contributed by atoms with Crippen LogP contribution in [-0.4, -0.2) is 62.6 Å². The van der Waals surface area contributed by atoms with Gasteiger partial charge in [-0.15, -0.1) is 0 Å². The Labute approximate surface area is 138 Å². The number of sulfone groups is 1. The van der Waals surface area contributed by atoms with Crippen LogP contribution in [0.1, 0.15) is 36.0 Å². The number of benzene rings is 1. The predicted octanol–water partition coefficient (Wildman–Crippen LogP) is 1.79. The SMILES string of the molecule is CS(=O)(=O)c1ccccc1C(=O)N1CCCC(N2CCCC2)C1. The lowest BCUT2D eigenvalue weighted by Crippen LogP contribution is -2.49. The third kappa shape index (κ3) is 3.58. The molecule has 2 aliphatic heterocycles. The molecule has 0 saturated carbocycles. The van der Waals surface area contributed by atoms with Crippen molar-refractivity contribution in [3.05, 3.63) is 29.8 Å². The van der Waals surface area contributed by atoms with E-state index in [-0.39, 0.29) is 10.8 Å². The molecule has 2 fully saturated rings. The van der Waals surface area contributed by atoms with Gasteiger partial charge in [-0.3, -0.25) is 9.69 Å². The highest BCUT2D eigenvalue weighted by Gasteiger charge is 2.31. The molecule has 1 aromatic carbocycles. The van der Waals surface area contributed by atoms with Crippen LogP contribution in [0.5, 0.6) is 0 Å². The minimum absolute atomic E-state index is 0.133. The number of rotatable bonds is 3. The molecule has 5 nitrogen and oxygen atoms in total. The van der Waals surface area contributed by atoms with Crippen molar-refractivity contribution in [2.45, 2.75) is 36.6 Å². The number of amides is 1. The zero-order chi connectivity index (χ0) is 16.4. The average Bonchev–Trinajstić information content (AvgIpc) is 3.08. The number of carbonyl (C=O) groups excluding carboxylic acids is 1. The fourth-order valence-corrected chi connectivity index (χ4v) is 4.56. The maximum Gasteiger partial charge on any atom is 0.255 e. The van der Waals surface area contributed by atoms with Crippen LogP contribution in [0.4, 0.5) is 0 Å². The number of hydrogen-bond acceptors (Lipinski definition) is 4. The molecule has 0 aromatic heterocycles. The van der Waals surface area contributed by atoms with E-state index in [2.05, 4.69) is 4.90 Å². The first-order valence-electron chi connectivity index (χ1n) is 8.29. The van der Waals surface area contributed by atoms with Gasteiger partial charge in [0.1, 0.15) is 0 Å². The number of likely N-dealkylation sites (tertiary alicyclic amines) is 2. The first-order chi connectivity index (χ1) is 11.0. The van der Waals surface area contributed by atoms with Crippen LogP contribution in [0.25, 0.3) is 0 Å².